The average molecular weight is 146 g/mol. The van der Waals surface area contributed by atoms with E-state index in [-0.39, 0.29) is 0 Å². The van der Waals surface area contributed by atoms with Gasteiger partial charge < -0.3 is 0 Å². The van der Waals surface area contributed by atoms with Crippen molar-refractivity contribution < 1.29 is 0 Å². The van der Waals surface area contributed by atoms with Crippen LogP contribution >= 0.6 is 0 Å². The Balaban J connectivity index is 2.00. The first-order valence-corrected chi connectivity index (χ1v) is 4.28. The van der Waals surface area contributed by atoms with Crippen molar-refractivity contribution in [2.75, 3.05) is 0 Å². The molecule has 0 nitrogen and oxygen atoms in total. The van der Waals surface area contributed by atoms with Crippen LogP contribution < -0.4 is 0 Å². The first-order chi connectivity index (χ1) is 5.43. The number of unbranched alkanes of at least 4 members (excludes halogenated alkanes) is 2. The average Bonchev–Trinajstić information content (AvgIpc) is 2.80. The molecule has 0 amide bonds. The molecule has 58 valence electrons. The van der Waals surface area contributed by atoms with Crippen LogP contribution in [0.1, 0.15) is 32.1 Å². The summed E-state index contributed by atoms with van der Waals surface area (Å²) in [5.74, 6) is 3.47. The van der Waals surface area contributed by atoms with Gasteiger partial charge >= 0.3 is 0 Å². The Hall–Kier alpha value is -0.920. The Morgan fingerprint density at radius 1 is 1.45 bits per heavy atom. The second-order valence-corrected chi connectivity index (χ2v) is 2.97. The minimum Gasteiger partial charge on any atom is -0.129 e. The fraction of sp³-hybridized carbons (Fsp3) is 0.545. The summed E-state index contributed by atoms with van der Waals surface area (Å²) in [5.41, 5.74) is 3.19. The van der Waals surface area contributed by atoms with Crippen LogP contribution in [0.25, 0.3) is 0 Å². The summed E-state index contributed by atoms with van der Waals surface area (Å²) < 4.78 is 0. The van der Waals surface area contributed by atoms with Gasteiger partial charge in [0, 0.05) is 6.42 Å². The van der Waals surface area contributed by atoms with Crippen LogP contribution in [0, 0.1) is 18.3 Å². The molecule has 1 fully saturated rings. The van der Waals surface area contributed by atoms with Gasteiger partial charge in [0.25, 0.3) is 0 Å². The molecule has 0 atom stereocenters. The van der Waals surface area contributed by atoms with E-state index in [1.807, 2.05) is 0 Å². The molecule has 0 aromatic heterocycles. The van der Waals surface area contributed by atoms with Gasteiger partial charge in [-0.3, -0.25) is 0 Å². The molecule has 0 heterocycles. The van der Waals surface area contributed by atoms with Gasteiger partial charge in [-0.15, -0.1) is 18.1 Å². The number of terminal acetylenes is 1. The molecule has 1 aliphatic carbocycles. The zero-order valence-electron chi connectivity index (χ0n) is 6.84. The summed E-state index contributed by atoms with van der Waals surface area (Å²) in [6, 6.07) is 0. The summed E-state index contributed by atoms with van der Waals surface area (Å²) in [6.45, 7) is 0. The topological polar surface area (TPSA) is 0 Å². The Labute approximate surface area is 69.0 Å². The van der Waals surface area contributed by atoms with Crippen molar-refractivity contribution in [1.29, 1.82) is 0 Å². The molecule has 0 heteroatoms. The zero-order chi connectivity index (χ0) is 7.94. The molecular formula is C11H14. The van der Waals surface area contributed by atoms with Gasteiger partial charge in [0.2, 0.25) is 0 Å². The van der Waals surface area contributed by atoms with Crippen molar-refractivity contribution in [2.45, 2.75) is 32.1 Å². The van der Waals surface area contributed by atoms with Gasteiger partial charge in [-0.2, -0.15) is 0 Å². The molecule has 0 saturated heterocycles. The van der Waals surface area contributed by atoms with Crippen LogP contribution in [0.5, 0.6) is 0 Å². The lowest BCUT2D eigenvalue weighted by Crippen LogP contribution is -1.66. The van der Waals surface area contributed by atoms with Crippen molar-refractivity contribution in [2.24, 2.45) is 5.92 Å². The van der Waals surface area contributed by atoms with Gasteiger partial charge in [-0.1, -0.05) is 0 Å². The number of allylic oxidation sites excluding steroid dienone is 1. The van der Waals surface area contributed by atoms with E-state index in [9.17, 15) is 0 Å². The summed E-state index contributed by atoms with van der Waals surface area (Å²) in [4.78, 5) is 0. The fourth-order valence-corrected chi connectivity index (χ4v) is 0.857. The number of hydrogen-bond donors (Lipinski definition) is 0. The maximum Gasteiger partial charge on any atom is 0.00892 e. The van der Waals surface area contributed by atoms with E-state index in [0.717, 1.165) is 25.2 Å². The second-order valence-electron chi connectivity index (χ2n) is 2.97. The van der Waals surface area contributed by atoms with E-state index < -0.39 is 0 Å². The smallest absolute Gasteiger partial charge is 0.00892 e. The largest absolute Gasteiger partial charge is 0.129 e. The molecule has 0 aromatic rings. The van der Waals surface area contributed by atoms with Crippen LogP contribution in [0.15, 0.2) is 17.9 Å². The predicted octanol–water partition coefficient (Wildman–Crippen LogP) is 2.91. The highest BCUT2D eigenvalue weighted by atomic mass is 14.2. The Bertz CT molecular complexity index is 195. The monoisotopic (exact) mass is 146 g/mol. The lowest BCUT2D eigenvalue weighted by atomic mass is 10.2. The molecule has 0 radical (unpaired) electrons. The molecule has 0 bridgehead atoms. The Kier molecular flexibility index (Phi) is 3.59. The van der Waals surface area contributed by atoms with Crippen LogP contribution in [0.4, 0.5) is 0 Å². The normalized spacial score (nSPS) is 14.8. The van der Waals surface area contributed by atoms with E-state index in [2.05, 4.69) is 23.8 Å². The van der Waals surface area contributed by atoms with Crippen molar-refractivity contribution in [1.82, 2.24) is 0 Å². The third-order valence-corrected chi connectivity index (χ3v) is 1.74. The van der Waals surface area contributed by atoms with Gasteiger partial charge in [0.1, 0.15) is 0 Å². The first kappa shape index (κ1) is 8.18. The maximum absolute atomic E-state index is 5.11. The highest BCUT2D eigenvalue weighted by Gasteiger charge is 2.16. The zero-order valence-corrected chi connectivity index (χ0v) is 6.84. The minimum atomic E-state index is 0.846. The first-order valence-electron chi connectivity index (χ1n) is 4.28. The van der Waals surface area contributed by atoms with Gasteiger partial charge in [-0.25, -0.2) is 0 Å². The predicted molar refractivity (Wildman–Crippen MR) is 48.1 cm³/mol. The number of rotatable bonds is 4. The molecule has 0 N–H and O–H groups in total. The van der Waals surface area contributed by atoms with E-state index in [0.29, 0.717) is 0 Å². The SMILES string of the molecule is C#CCCCC=C=CC1CC1. The van der Waals surface area contributed by atoms with Crippen LogP contribution in [0.3, 0.4) is 0 Å². The summed E-state index contributed by atoms with van der Waals surface area (Å²) in [6.07, 6.45) is 15.2. The standard InChI is InChI=1S/C11H14/c1-2-3-4-5-6-7-8-11-9-10-11/h1,6,8,11H,3-5,9-10H2. The van der Waals surface area contributed by atoms with Crippen LogP contribution in [-0.4, -0.2) is 0 Å². The van der Waals surface area contributed by atoms with Crippen LogP contribution in [0.2, 0.25) is 0 Å². The molecule has 1 rings (SSSR count). The van der Waals surface area contributed by atoms with Crippen molar-refractivity contribution in [3.8, 4) is 12.3 Å². The van der Waals surface area contributed by atoms with Crippen molar-refractivity contribution >= 4 is 0 Å². The van der Waals surface area contributed by atoms with Gasteiger partial charge in [0.15, 0.2) is 0 Å². The molecule has 1 saturated carbocycles. The third-order valence-electron chi connectivity index (χ3n) is 1.74. The van der Waals surface area contributed by atoms with E-state index in [1.54, 1.807) is 0 Å². The molecule has 0 aromatic carbocycles. The summed E-state index contributed by atoms with van der Waals surface area (Å²) in [7, 11) is 0. The van der Waals surface area contributed by atoms with Crippen molar-refractivity contribution in [3.05, 3.63) is 17.9 Å². The fourth-order valence-electron chi connectivity index (χ4n) is 0.857. The van der Waals surface area contributed by atoms with Crippen molar-refractivity contribution in [3.63, 3.8) is 0 Å². The molecule has 0 spiro atoms. The Morgan fingerprint density at radius 3 is 2.91 bits per heavy atom. The van der Waals surface area contributed by atoms with Gasteiger partial charge in [-0.05, 0) is 43.8 Å². The molecule has 0 aliphatic heterocycles. The minimum absolute atomic E-state index is 0.846. The van der Waals surface area contributed by atoms with E-state index in [1.165, 1.54) is 12.8 Å². The highest BCUT2D eigenvalue weighted by molar-refractivity contribution is 4.96. The lowest BCUT2D eigenvalue weighted by molar-refractivity contribution is 0.886. The molecule has 1 aliphatic rings. The Morgan fingerprint density at radius 2 is 2.27 bits per heavy atom. The lowest BCUT2D eigenvalue weighted by Gasteiger charge is -1.83. The highest BCUT2D eigenvalue weighted by Crippen LogP contribution is 2.29. The van der Waals surface area contributed by atoms with E-state index in [4.69, 9.17) is 6.42 Å². The molecular weight excluding hydrogens is 132 g/mol. The molecule has 0 unspecified atom stereocenters. The summed E-state index contributed by atoms with van der Waals surface area (Å²) in [5, 5.41) is 0. The quantitative estimate of drug-likeness (QED) is 0.325. The number of hydrogen-bond acceptors (Lipinski definition) is 0. The van der Waals surface area contributed by atoms with E-state index >= 15 is 0 Å². The summed E-state index contributed by atoms with van der Waals surface area (Å²) >= 11 is 0. The second kappa shape index (κ2) is 4.83. The van der Waals surface area contributed by atoms with Crippen LogP contribution in [-0.2, 0) is 0 Å². The molecule has 11 heavy (non-hydrogen) atoms. The maximum atomic E-state index is 5.11. The third kappa shape index (κ3) is 4.48. The van der Waals surface area contributed by atoms with Gasteiger partial charge in [0.05, 0.1) is 0 Å².